The molecule has 1 N–H and O–H groups in total. The van der Waals surface area contributed by atoms with E-state index in [2.05, 4.69) is 44.3 Å². The third-order valence-corrected chi connectivity index (χ3v) is 4.68. The van der Waals surface area contributed by atoms with E-state index >= 15 is 0 Å². The van der Waals surface area contributed by atoms with Gasteiger partial charge in [-0.25, -0.2) is 0 Å². The Kier molecular flexibility index (Phi) is 4.87. The number of hydrogen-bond acceptors (Lipinski definition) is 2. The summed E-state index contributed by atoms with van der Waals surface area (Å²) in [5.41, 5.74) is 1.31. The first kappa shape index (κ1) is 14.4. The van der Waals surface area contributed by atoms with Gasteiger partial charge in [-0.05, 0) is 55.7 Å². The minimum Gasteiger partial charge on any atom is -0.497 e. The molecular weight excluding hydrogens is 234 g/mol. The van der Waals surface area contributed by atoms with Gasteiger partial charge in [0, 0.05) is 12.1 Å². The Labute approximate surface area is 117 Å². The summed E-state index contributed by atoms with van der Waals surface area (Å²) in [4.78, 5) is 0. The number of ether oxygens (including phenoxy) is 1. The summed E-state index contributed by atoms with van der Waals surface area (Å²) < 4.78 is 5.30. The van der Waals surface area contributed by atoms with Crippen LogP contribution in [-0.4, -0.2) is 13.2 Å². The van der Waals surface area contributed by atoms with E-state index in [1.165, 1.54) is 24.8 Å². The molecule has 0 bridgehead atoms. The fourth-order valence-corrected chi connectivity index (χ4v) is 3.06. The van der Waals surface area contributed by atoms with E-state index < -0.39 is 0 Å². The second kappa shape index (κ2) is 6.42. The molecule has 1 saturated carbocycles. The molecule has 1 fully saturated rings. The zero-order valence-electron chi connectivity index (χ0n) is 12.6. The topological polar surface area (TPSA) is 21.3 Å². The number of rotatable bonds is 4. The molecule has 0 aliphatic heterocycles. The van der Waals surface area contributed by atoms with Gasteiger partial charge in [0.15, 0.2) is 0 Å². The predicted octanol–water partition coefficient (Wildman–Crippen LogP) is 4.17. The van der Waals surface area contributed by atoms with E-state index in [-0.39, 0.29) is 0 Å². The molecule has 4 atom stereocenters. The molecule has 0 amide bonds. The first-order valence-electron chi connectivity index (χ1n) is 7.50. The molecule has 2 rings (SSSR count). The molecule has 4 unspecified atom stereocenters. The molecule has 106 valence electrons. The molecule has 0 spiro atoms. The Morgan fingerprint density at radius 1 is 1.21 bits per heavy atom. The van der Waals surface area contributed by atoms with Gasteiger partial charge in [-0.1, -0.05) is 26.0 Å². The van der Waals surface area contributed by atoms with Crippen LogP contribution in [0.15, 0.2) is 24.3 Å². The maximum Gasteiger partial charge on any atom is 0.119 e. The first-order valence-corrected chi connectivity index (χ1v) is 7.50. The molecule has 19 heavy (non-hydrogen) atoms. The van der Waals surface area contributed by atoms with E-state index in [4.69, 9.17) is 4.74 Å². The van der Waals surface area contributed by atoms with Crippen molar-refractivity contribution in [2.45, 2.75) is 52.1 Å². The van der Waals surface area contributed by atoms with Crippen molar-refractivity contribution in [2.75, 3.05) is 7.11 Å². The number of methoxy groups -OCH3 is 1. The molecule has 0 heterocycles. The minimum atomic E-state index is 0.390. The molecule has 1 aromatic rings. The summed E-state index contributed by atoms with van der Waals surface area (Å²) in [6, 6.07) is 9.42. The Morgan fingerprint density at radius 3 is 2.68 bits per heavy atom. The summed E-state index contributed by atoms with van der Waals surface area (Å²) in [7, 11) is 1.72. The summed E-state index contributed by atoms with van der Waals surface area (Å²) in [6.07, 6.45) is 3.96. The highest BCUT2D eigenvalue weighted by Crippen LogP contribution is 2.30. The van der Waals surface area contributed by atoms with Crippen LogP contribution in [0, 0.1) is 11.8 Å². The zero-order valence-corrected chi connectivity index (χ0v) is 12.6. The van der Waals surface area contributed by atoms with Crippen molar-refractivity contribution in [3.8, 4) is 5.75 Å². The van der Waals surface area contributed by atoms with Crippen LogP contribution in [0.25, 0.3) is 0 Å². The van der Waals surface area contributed by atoms with Gasteiger partial charge in [0.2, 0.25) is 0 Å². The molecule has 1 aliphatic carbocycles. The monoisotopic (exact) mass is 261 g/mol. The lowest BCUT2D eigenvalue weighted by molar-refractivity contribution is 0.217. The van der Waals surface area contributed by atoms with Crippen molar-refractivity contribution in [3.63, 3.8) is 0 Å². The van der Waals surface area contributed by atoms with Crippen LogP contribution in [0.1, 0.15) is 51.6 Å². The van der Waals surface area contributed by atoms with Gasteiger partial charge in [-0.3, -0.25) is 0 Å². The van der Waals surface area contributed by atoms with Gasteiger partial charge in [0.25, 0.3) is 0 Å². The summed E-state index contributed by atoms with van der Waals surface area (Å²) >= 11 is 0. The van der Waals surface area contributed by atoms with Crippen molar-refractivity contribution in [1.29, 1.82) is 0 Å². The average molecular weight is 261 g/mol. The Hall–Kier alpha value is -1.02. The van der Waals surface area contributed by atoms with Crippen molar-refractivity contribution in [1.82, 2.24) is 5.32 Å². The highest BCUT2D eigenvalue weighted by Gasteiger charge is 2.25. The van der Waals surface area contributed by atoms with E-state index in [0.29, 0.717) is 12.1 Å². The highest BCUT2D eigenvalue weighted by molar-refractivity contribution is 5.30. The summed E-state index contributed by atoms with van der Waals surface area (Å²) in [5.74, 6) is 2.66. The average Bonchev–Trinajstić information content (AvgIpc) is 2.43. The number of nitrogens with one attached hydrogen (secondary N) is 1. The first-order chi connectivity index (χ1) is 9.10. The van der Waals surface area contributed by atoms with Crippen LogP contribution in [0.5, 0.6) is 5.75 Å². The Morgan fingerprint density at radius 2 is 2.00 bits per heavy atom. The van der Waals surface area contributed by atoms with Crippen LogP contribution in [0.3, 0.4) is 0 Å². The smallest absolute Gasteiger partial charge is 0.119 e. The van der Waals surface area contributed by atoms with Crippen molar-refractivity contribution < 1.29 is 4.74 Å². The lowest BCUT2D eigenvalue weighted by atomic mass is 9.79. The number of hydrogen-bond donors (Lipinski definition) is 1. The van der Waals surface area contributed by atoms with Crippen molar-refractivity contribution in [2.24, 2.45) is 11.8 Å². The maximum atomic E-state index is 5.30. The lowest BCUT2D eigenvalue weighted by Gasteiger charge is -2.34. The SMILES string of the molecule is COc1cccc(C(C)NC2CCC(C)C(C)C2)c1. The Bertz CT molecular complexity index is 404. The fourth-order valence-electron chi connectivity index (χ4n) is 3.06. The van der Waals surface area contributed by atoms with Gasteiger partial charge in [0.1, 0.15) is 5.75 Å². The molecule has 1 aromatic carbocycles. The van der Waals surface area contributed by atoms with E-state index in [0.717, 1.165) is 17.6 Å². The summed E-state index contributed by atoms with van der Waals surface area (Å²) in [5, 5.41) is 3.78. The minimum absolute atomic E-state index is 0.390. The van der Waals surface area contributed by atoms with Gasteiger partial charge in [-0.15, -0.1) is 0 Å². The fraction of sp³-hybridized carbons (Fsp3) is 0.647. The van der Waals surface area contributed by atoms with Crippen LogP contribution in [0.4, 0.5) is 0 Å². The highest BCUT2D eigenvalue weighted by atomic mass is 16.5. The quantitative estimate of drug-likeness (QED) is 0.878. The molecule has 0 radical (unpaired) electrons. The largest absolute Gasteiger partial charge is 0.497 e. The van der Waals surface area contributed by atoms with Crippen molar-refractivity contribution in [3.05, 3.63) is 29.8 Å². The zero-order chi connectivity index (χ0) is 13.8. The van der Waals surface area contributed by atoms with Gasteiger partial charge in [0.05, 0.1) is 7.11 Å². The van der Waals surface area contributed by atoms with Crippen LogP contribution < -0.4 is 10.1 Å². The lowest BCUT2D eigenvalue weighted by Crippen LogP contribution is -2.37. The molecule has 0 saturated heterocycles. The third kappa shape index (κ3) is 3.73. The summed E-state index contributed by atoms with van der Waals surface area (Å²) in [6.45, 7) is 7.01. The van der Waals surface area contributed by atoms with Crippen LogP contribution >= 0.6 is 0 Å². The van der Waals surface area contributed by atoms with E-state index in [1.54, 1.807) is 7.11 Å². The molecule has 1 aliphatic rings. The molecule has 2 heteroatoms. The molecule has 0 aromatic heterocycles. The third-order valence-electron chi connectivity index (χ3n) is 4.68. The standard InChI is InChI=1S/C17H27NO/c1-12-8-9-16(10-13(12)2)18-14(3)15-6-5-7-17(11-15)19-4/h5-7,11-14,16,18H,8-10H2,1-4H3. The second-order valence-electron chi connectivity index (χ2n) is 6.13. The molecular formula is C17H27NO. The van der Waals surface area contributed by atoms with Crippen LogP contribution in [0.2, 0.25) is 0 Å². The normalized spacial score (nSPS) is 28.9. The van der Waals surface area contributed by atoms with E-state index in [1.807, 2.05) is 6.07 Å². The van der Waals surface area contributed by atoms with Gasteiger partial charge >= 0.3 is 0 Å². The molecule has 2 nitrogen and oxygen atoms in total. The van der Waals surface area contributed by atoms with Crippen molar-refractivity contribution >= 4 is 0 Å². The number of benzene rings is 1. The van der Waals surface area contributed by atoms with Gasteiger partial charge in [-0.2, -0.15) is 0 Å². The maximum absolute atomic E-state index is 5.30. The predicted molar refractivity (Wildman–Crippen MR) is 80.5 cm³/mol. The Balaban J connectivity index is 1.95. The second-order valence-corrected chi connectivity index (χ2v) is 6.13. The van der Waals surface area contributed by atoms with Gasteiger partial charge < -0.3 is 10.1 Å². The van der Waals surface area contributed by atoms with E-state index in [9.17, 15) is 0 Å². The van der Waals surface area contributed by atoms with Crippen LogP contribution in [-0.2, 0) is 0 Å².